The minimum absolute atomic E-state index is 0.01000. The molecule has 2 aromatic rings. The van der Waals surface area contributed by atoms with Crippen LogP contribution in [0.4, 0.5) is 5.69 Å². The molecule has 1 saturated heterocycles. The number of nitrogen functional groups attached to an aromatic ring is 1. The molecule has 1 fully saturated rings. The van der Waals surface area contributed by atoms with E-state index in [1.807, 2.05) is 35.2 Å². The van der Waals surface area contributed by atoms with Crippen LogP contribution in [-0.2, 0) is 10.0 Å². The van der Waals surface area contributed by atoms with E-state index >= 15 is 0 Å². The Morgan fingerprint density at radius 1 is 1.18 bits per heavy atom. The quantitative estimate of drug-likeness (QED) is 0.371. The predicted octanol–water partition coefficient (Wildman–Crippen LogP) is 3.68. The van der Waals surface area contributed by atoms with E-state index in [0.29, 0.717) is 22.8 Å². The second-order valence-corrected chi connectivity index (χ2v) is 10.4. The Labute approximate surface area is 202 Å². The number of hydrogen-bond donors (Lipinski definition) is 3. The third-order valence-corrected chi connectivity index (χ3v) is 7.58. The van der Waals surface area contributed by atoms with Gasteiger partial charge in [-0.15, -0.1) is 0 Å². The van der Waals surface area contributed by atoms with Crippen molar-refractivity contribution in [1.29, 1.82) is 10.8 Å². The molecule has 1 heterocycles. The zero-order valence-electron chi connectivity index (χ0n) is 19.7. The number of sulfonamides is 1. The molecule has 8 nitrogen and oxygen atoms in total. The fourth-order valence-electron chi connectivity index (χ4n) is 3.82. The highest BCUT2D eigenvalue weighted by Gasteiger charge is 2.22. The Balaban J connectivity index is 1.69. The van der Waals surface area contributed by atoms with Crippen LogP contribution in [0.25, 0.3) is 6.08 Å². The number of amidine groups is 2. The van der Waals surface area contributed by atoms with Gasteiger partial charge in [0.05, 0.1) is 23.8 Å². The number of anilines is 1. The van der Waals surface area contributed by atoms with Gasteiger partial charge in [0.15, 0.2) is 0 Å². The fourth-order valence-corrected chi connectivity index (χ4v) is 4.89. The second-order valence-electron chi connectivity index (χ2n) is 8.26. The summed E-state index contributed by atoms with van der Waals surface area (Å²) in [6.07, 6.45) is 5.40. The predicted molar refractivity (Wildman–Crippen MR) is 138 cm³/mol. The molecule has 0 bridgehead atoms. The van der Waals surface area contributed by atoms with Gasteiger partial charge in [-0.3, -0.25) is 15.1 Å². The molecule has 0 saturated carbocycles. The number of benzene rings is 2. The maximum absolute atomic E-state index is 12.8. The molecule has 0 atom stereocenters. The smallest absolute Gasteiger partial charge is 0.235 e. The van der Waals surface area contributed by atoms with Crippen molar-refractivity contribution < 1.29 is 13.2 Å². The third-order valence-electron chi connectivity index (χ3n) is 5.82. The highest BCUT2D eigenvalue weighted by molar-refractivity contribution is 7.92. The molecule has 1 aliphatic rings. The number of rotatable bonds is 9. The Bertz CT molecular complexity index is 1140. The second kappa shape index (κ2) is 11.2. The normalized spacial score (nSPS) is 14.8. The number of piperidine rings is 1. The van der Waals surface area contributed by atoms with Crippen molar-refractivity contribution in [3.8, 4) is 5.75 Å². The molecule has 0 aromatic heterocycles. The van der Waals surface area contributed by atoms with E-state index in [-0.39, 0.29) is 24.2 Å². The van der Waals surface area contributed by atoms with Crippen molar-refractivity contribution in [3.63, 3.8) is 0 Å². The average molecular weight is 484 g/mol. The molecule has 3 rings (SSSR count). The van der Waals surface area contributed by atoms with Crippen LogP contribution in [0.2, 0.25) is 0 Å². The maximum Gasteiger partial charge on any atom is 0.235 e. The number of nitrogens with two attached hydrogens (primary N) is 1. The molecule has 9 heteroatoms. The van der Waals surface area contributed by atoms with Crippen LogP contribution in [0.3, 0.4) is 0 Å². The molecular formula is C25H33N5O3S. The molecule has 2 aromatic carbocycles. The summed E-state index contributed by atoms with van der Waals surface area (Å²) in [5.74, 6) is 1.27. The summed E-state index contributed by atoms with van der Waals surface area (Å²) in [7, 11) is -3.48. The summed E-state index contributed by atoms with van der Waals surface area (Å²) in [6, 6.07) is 14.4. The highest BCUT2D eigenvalue weighted by atomic mass is 32.2. The van der Waals surface area contributed by atoms with Gasteiger partial charge in [-0.2, -0.15) is 0 Å². The molecule has 182 valence electrons. The van der Waals surface area contributed by atoms with Gasteiger partial charge >= 0.3 is 0 Å². The van der Waals surface area contributed by atoms with Crippen molar-refractivity contribution in [2.75, 3.05) is 29.7 Å². The number of hydrogen-bond acceptors (Lipinski definition) is 5. The number of likely N-dealkylation sites (tertiary alicyclic amines) is 1. The standard InChI is InChI=1S/C25H33N5O3S/c1-3-34(31,32)30(15-5-7-20-6-4-8-21(18-20)25(27)28)22-9-11-23(12-10-22)33-24-13-16-29(17-14-24)19(2)26/h4-12,18,24,26H,3,13-17H2,1-2H3,(H3,27,28). The van der Waals surface area contributed by atoms with Gasteiger partial charge in [-0.1, -0.05) is 30.4 Å². The lowest BCUT2D eigenvalue weighted by atomic mass is 10.1. The summed E-state index contributed by atoms with van der Waals surface area (Å²) in [5, 5.41) is 15.3. The van der Waals surface area contributed by atoms with Crippen LogP contribution in [0.15, 0.2) is 54.6 Å². The molecule has 0 spiro atoms. The zero-order chi connectivity index (χ0) is 24.7. The van der Waals surface area contributed by atoms with Crippen molar-refractivity contribution in [2.24, 2.45) is 5.73 Å². The lowest BCUT2D eigenvalue weighted by Gasteiger charge is -2.32. The Morgan fingerprint density at radius 3 is 2.44 bits per heavy atom. The SMILES string of the molecule is CCS(=O)(=O)N(CC=Cc1cccc(C(=N)N)c1)c1ccc(OC2CCN(C(C)=N)CC2)cc1. The van der Waals surface area contributed by atoms with Gasteiger partial charge in [-0.25, -0.2) is 8.42 Å². The highest BCUT2D eigenvalue weighted by Crippen LogP contribution is 2.25. The molecule has 0 unspecified atom stereocenters. The summed E-state index contributed by atoms with van der Waals surface area (Å²) < 4.78 is 33.0. The third kappa shape index (κ3) is 6.60. The Morgan fingerprint density at radius 2 is 1.85 bits per heavy atom. The van der Waals surface area contributed by atoms with E-state index in [4.69, 9.17) is 21.3 Å². The van der Waals surface area contributed by atoms with E-state index in [1.54, 1.807) is 44.2 Å². The summed E-state index contributed by atoms with van der Waals surface area (Å²) >= 11 is 0. The van der Waals surface area contributed by atoms with Crippen LogP contribution in [0.5, 0.6) is 5.75 Å². The van der Waals surface area contributed by atoms with E-state index < -0.39 is 10.0 Å². The maximum atomic E-state index is 12.8. The van der Waals surface area contributed by atoms with Crippen molar-refractivity contribution in [1.82, 2.24) is 4.90 Å². The van der Waals surface area contributed by atoms with Gasteiger partial charge in [0.1, 0.15) is 17.7 Å². The van der Waals surface area contributed by atoms with E-state index in [9.17, 15) is 8.42 Å². The van der Waals surface area contributed by atoms with Gasteiger partial charge in [0.2, 0.25) is 10.0 Å². The first kappa shape index (κ1) is 25.3. The van der Waals surface area contributed by atoms with E-state index in [0.717, 1.165) is 31.5 Å². The Hall–Kier alpha value is -3.33. The van der Waals surface area contributed by atoms with Gasteiger partial charge in [0.25, 0.3) is 0 Å². The zero-order valence-corrected chi connectivity index (χ0v) is 20.5. The average Bonchev–Trinajstić information content (AvgIpc) is 2.83. The molecule has 0 amide bonds. The van der Waals surface area contributed by atoms with Gasteiger partial charge in [0, 0.05) is 31.5 Å². The van der Waals surface area contributed by atoms with Crippen LogP contribution in [0, 0.1) is 10.8 Å². The molecular weight excluding hydrogens is 450 g/mol. The van der Waals surface area contributed by atoms with Gasteiger partial charge in [-0.05, 0) is 49.7 Å². The van der Waals surface area contributed by atoms with Crippen LogP contribution >= 0.6 is 0 Å². The lowest BCUT2D eigenvalue weighted by Crippen LogP contribution is -2.40. The molecule has 4 N–H and O–H groups in total. The van der Waals surface area contributed by atoms with Crippen molar-refractivity contribution in [3.05, 3.63) is 65.7 Å². The first-order valence-corrected chi connectivity index (χ1v) is 13.0. The summed E-state index contributed by atoms with van der Waals surface area (Å²) in [5.41, 5.74) is 7.59. The molecule has 1 aliphatic heterocycles. The van der Waals surface area contributed by atoms with Crippen LogP contribution < -0.4 is 14.8 Å². The molecule has 34 heavy (non-hydrogen) atoms. The lowest BCUT2D eigenvalue weighted by molar-refractivity contribution is 0.130. The molecule has 0 aliphatic carbocycles. The van der Waals surface area contributed by atoms with E-state index in [1.165, 1.54) is 4.31 Å². The van der Waals surface area contributed by atoms with Crippen LogP contribution in [-0.4, -0.2) is 56.5 Å². The monoisotopic (exact) mass is 483 g/mol. The van der Waals surface area contributed by atoms with Crippen molar-refractivity contribution in [2.45, 2.75) is 32.8 Å². The van der Waals surface area contributed by atoms with Crippen LogP contribution in [0.1, 0.15) is 37.8 Å². The minimum Gasteiger partial charge on any atom is -0.490 e. The Kier molecular flexibility index (Phi) is 8.33. The number of nitrogens with one attached hydrogen (secondary N) is 2. The number of nitrogens with zero attached hydrogens (tertiary/aromatic N) is 2. The van der Waals surface area contributed by atoms with Gasteiger partial charge < -0.3 is 15.4 Å². The summed E-state index contributed by atoms with van der Waals surface area (Å²) in [6.45, 7) is 5.23. The first-order valence-electron chi connectivity index (χ1n) is 11.4. The summed E-state index contributed by atoms with van der Waals surface area (Å²) in [4.78, 5) is 2.04. The largest absolute Gasteiger partial charge is 0.490 e. The molecule has 0 radical (unpaired) electrons. The number of ether oxygens (including phenoxy) is 1. The first-order chi connectivity index (χ1) is 16.2. The van der Waals surface area contributed by atoms with E-state index in [2.05, 4.69) is 0 Å². The van der Waals surface area contributed by atoms with Crippen molar-refractivity contribution >= 4 is 33.5 Å². The topological polar surface area (TPSA) is 124 Å². The minimum atomic E-state index is -3.48. The fraction of sp³-hybridized carbons (Fsp3) is 0.360.